The molecule has 27 heavy (non-hydrogen) atoms. The van der Waals surface area contributed by atoms with E-state index in [2.05, 4.69) is 34.6 Å². The van der Waals surface area contributed by atoms with Gasteiger partial charge in [-0.1, -0.05) is 60.3 Å². The molecule has 0 N–H and O–H groups in total. The molecular formula is C27H48. The summed E-state index contributed by atoms with van der Waals surface area (Å²) < 4.78 is 0. The first kappa shape index (κ1) is 20.3. The third-order valence-corrected chi connectivity index (χ3v) is 10.7. The lowest BCUT2D eigenvalue weighted by Crippen LogP contribution is -2.53. The predicted molar refractivity (Wildman–Crippen MR) is 118 cm³/mol. The average molecular weight is 373 g/mol. The van der Waals surface area contributed by atoms with Gasteiger partial charge in [0.1, 0.15) is 0 Å². The van der Waals surface area contributed by atoms with Gasteiger partial charge in [-0.25, -0.2) is 0 Å². The molecule has 4 rings (SSSR count). The Bertz CT molecular complexity index is 506. The van der Waals surface area contributed by atoms with Gasteiger partial charge in [-0.15, -0.1) is 0 Å². The first-order valence-electron chi connectivity index (χ1n) is 12.8. The van der Waals surface area contributed by atoms with Crippen LogP contribution in [0.2, 0.25) is 0 Å². The first-order valence-corrected chi connectivity index (χ1v) is 12.8. The third-order valence-electron chi connectivity index (χ3n) is 10.7. The molecule has 4 aliphatic carbocycles. The fourth-order valence-electron chi connectivity index (χ4n) is 9.00. The number of rotatable bonds is 5. The van der Waals surface area contributed by atoms with Crippen molar-refractivity contribution >= 4 is 0 Å². The highest BCUT2D eigenvalue weighted by Crippen LogP contribution is 2.68. The summed E-state index contributed by atoms with van der Waals surface area (Å²) in [5.74, 6) is 7.22. The van der Waals surface area contributed by atoms with Crippen molar-refractivity contribution < 1.29 is 0 Å². The van der Waals surface area contributed by atoms with Crippen molar-refractivity contribution in [3.63, 3.8) is 0 Å². The van der Waals surface area contributed by atoms with E-state index >= 15 is 0 Å². The second-order valence-electron chi connectivity index (χ2n) is 12.5. The molecule has 4 fully saturated rings. The first-order chi connectivity index (χ1) is 12.8. The standard InChI is InChI=1S/C27H48/c1-19(2)8-6-7-9-21-11-13-24-23-12-10-22-18-20(3)14-16-27(22,5)25(23)15-17-26(21,24)4/h19-25H,6-18H2,1-5H3. The van der Waals surface area contributed by atoms with Crippen molar-refractivity contribution in [2.45, 2.75) is 118 Å². The van der Waals surface area contributed by atoms with Gasteiger partial charge in [0, 0.05) is 0 Å². The number of unbranched alkanes of at least 4 members (excludes halogenated alkanes) is 1. The molecule has 156 valence electrons. The SMILES string of the molecule is CC(C)CCCCC1CCC2C3CCC4CC(C)CCC4(C)C3CCC12C. The van der Waals surface area contributed by atoms with Crippen LogP contribution >= 0.6 is 0 Å². The Morgan fingerprint density at radius 3 is 2.33 bits per heavy atom. The van der Waals surface area contributed by atoms with Crippen LogP contribution in [0.25, 0.3) is 0 Å². The second-order valence-corrected chi connectivity index (χ2v) is 12.5. The van der Waals surface area contributed by atoms with Crippen LogP contribution in [0.3, 0.4) is 0 Å². The third kappa shape index (κ3) is 3.54. The smallest absolute Gasteiger partial charge is 0.0266 e. The average Bonchev–Trinajstić information content (AvgIpc) is 2.96. The molecule has 0 aromatic carbocycles. The van der Waals surface area contributed by atoms with E-state index in [1.165, 1.54) is 32.1 Å². The molecule has 4 aliphatic rings. The molecular weight excluding hydrogens is 324 g/mol. The van der Waals surface area contributed by atoms with Crippen molar-refractivity contribution in [2.75, 3.05) is 0 Å². The van der Waals surface area contributed by atoms with E-state index in [-0.39, 0.29) is 0 Å². The van der Waals surface area contributed by atoms with Gasteiger partial charge in [0.25, 0.3) is 0 Å². The van der Waals surface area contributed by atoms with Gasteiger partial charge < -0.3 is 0 Å². The van der Waals surface area contributed by atoms with E-state index in [1.54, 1.807) is 51.4 Å². The summed E-state index contributed by atoms with van der Waals surface area (Å²) in [4.78, 5) is 0. The molecule has 0 saturated heterocycles. The Morgan fingerprint density at radius 2 is 1.56 bits per heavy atom. The molecule has 0 aromatic heterocycles. The van der Waals surface area contributed by atoms with E-state index in [1.807, 2.05) is 0 Å². The summed E-state index contributed by atoms with van der Waals surface area (Å²) in [7, 11) is 0. The molecule has 0 heteroatoms. The molecule has 4 saturated carbocycles. The zero-order valence-electron chi connectivity index (χ0n) is 19.2. The van der Waals surface area contributed by atoms with E-state index in [4.69, 9.17) is 0 Å². The monoisotopic (exact) mass is 372 g/mol. The lowest BCUT2D eigenvalue weighted by atomic mass is 9.44. The summed E-state index contributed by atoms with van der Waals surface area (Å²) in [5, 5.41) is 0. The fourth-order valence-corrected chi connectivity index (χ4v) is 9.00. The zero-order valence-corrected chi connectivity index (χ0v) is 19.2. The van der Waals surface area contributed by atoms with Crippen LogP contribution in [-0.4, -0.2) is 0 Å². The minimum Gasteiger partial charge on any atom is -0.0628 e. The Hall–Kier alpha value is 0. The number of fused-ring (bicyclic) bond motifs is 5. The summed E-state index contributed by atoms with van der Waals surface area (Å²) >= 11 is 0. The van der Waals surface area contributed by atoms with E-state index in [0.29, 0.717) is 10.8 Å². The van der Waals surface area contributed by atoms with E-state index in [0.717, 1.165) is 41.4 Å². The normalized spacial score (nSPS) is 49.6. The molecule has 0 aromatic rings. The summed E-state index contributed by atoms with van der Waals surface area (Å²) in [6, 6.07) is 0. The van der Waals surface area contributed by atoms with Crippen molar-refractivity contribution in [2.24, 2.45) is 52.3 Å². The molecule has 0 bridgehead atoms. The van der Waals surface area contributed by atoms with Crippen LogP contribution in [0.5, 0.6) is 0 Å². The van der Waals surface area contributed by atoms with Crippen LogP contribution < -0.4 is 0 Å². The van der Waals surface area contributed by atoms with Crippen molar-refractivity contribution in [3.8, 4) is 0 Å². The Balaban J connectivity index is 1.43. The van der Waals surface area contributed by atoms with Crippen LogP contribution in [0.1, 0.15) is 118 Å². The molecule has 0 nitrogen and oxygen atoms in total. The van der Waals surface area contributed by atoms with E-state index < -0.39 is 0 Å². The van der Waals surface area contributed by atoms with Gasteiger partial charge in [0.15, 0.2) is 0 Å². The maximum absolute atomic E-state index is 2.74. The Morgan fingerprint density at radius 1 is 0.815 bits per heavy atom. The van der Waals surface area contributed by atoms with Crippen molar-refractivity contribution in [1.29, 1.82) is 0 Å². The topological polar surface area (TPSA) is 0 Å². The maximum Gasteiger partial charge on any atom is -0.0266 e. The van der Waals surface area contributed by atoms with Crippen LogP contribution in [0, 0.1) is 52.3 Å². The van der Waals surface area contributed by atoms with Crippen molar-refractivity contribution in [1.82, 2.24) is 0 Å². The van der Waals surface area contributed by atoms with Crippen LogP contribution in [-0.2, 0) is 0 Å². The minimum atomic E-state index is 0.699. The highest BCUT2D eigenvalue weighted by Gasteiger charge is 2.59. The summed E-state index contributed by atoms with van der Waals surface area (Å²) in [6.45, 7) is 12.8. The van der Waals surface area contributed by atoms with Gasteiger partial charge in [-0.2, -0.15) is 0 Å². The highest BCUT2D eigenvalue weighted by atomic mass is 14.6. The second kappa shape index (κ2) is 7.68. The lowest BCUT2D eigenvalue weighted by Gasteiger charge is -2.61. The molecule has 8 atom stereocenters. The van der Waals surface area contributed by atoms with Gasteiger partial charge in [0.2, 0.25) is 0 Å². The number of hydrogen-bond acceptors (Lipinski definition) is 0. The quantitative estimate of drug-likeness (QED) is 0.424. The Kier molecular flexibility index (Phi) is 5.77. The molecule has 0 radical (unpaired) electrons. The molecule has 0 aliphatic heterocycles. The van der Waals surface area contributed by atoms with E-state index in [9.17, 15) is 0 Å². The van der Waals surface area contributed by atoms with Crippen LogP contribution in [0.15, 0.2) is 0 Å². The largest absolute Gasteiger partial charge is 0.0628 e. The van der Waals surface area contributed by atoms with Crippen LogP contribution in [0.4, 0.5) is 0 Å². The molecule has 0 spiro atoms. The van der Waals surface area contributed by atoms with Gasteiger partial charge >= 0.3 is 0 Å². The minimum absolute atomic E-state index is 0.699. The lowest BCUT2D eigenvalue weighted by molar-refractivity contribution is -0.117. The highest BCUT2D eigenvalue weighted by molar-refractivity contribution is 5.08. The Labute approximate surface area is 170 Å². The van der Waals surface area contributed by atoms with Gasteiger partial charge in [-0.05, 0) is 110 Å². The van der Waals surface area contributed by atoms with Gasteiger partial charge in [-0.3, -0.25) is 0 Å². The van der Waals surface area contributed by atoms with Crippen molar-refractivity contribution in [3.05, 3.63) is 0 Å². The van der Waals surface area contributed by atoms with Gasteiger partial charge in [0.05, 0.1) is 0 Å². The predicted octanol–water partition coefficient (Wildman–Crippen LogP) is 8.50. The zero-order chi connectivity index (χ0) is 19.2. The summed E-state index contributed by atoms with van der Waals surface area (Å²) in [5.41, 5.74) is 1.40. The summed E-state index contributed by atoms with van der Waals surface area (Å²) in [6.07, 6.45) is 19.9. The molecule has 0 amide bonds. The fraction of sp³-hybridized carbons (Fsp3) is 1.00. The molecule has 0 heterocycles. The number of hydrogen-bond donors (Lipinski definition) is 0. The maximum atomic E-state index is 2.74. The molecule has 8 unspecified atom stereocenters.